The monoisotopic (exact) mass is 204 g/mol. The summed E-state index contributed by atoms with van der Waals surface area (Å²) in [4.78, 5) is 17.9. The SMILES string of the molecule is O=c1cc(S)nc(-c2ccccc2)[nH]1. The molecule has 0 spiro atoms. The van der Waals surface area contributed by atoms with E-state index in [2.05, 4.69) is 22.6 Å². The van der Waals surface area contributed by atoms with E-state index in [-0.39, 0.29) is 5.56 Å². The number of hydrogen-bond donors (Lipinski definition) is 2. The first kappa shape index (κ1) is 9.02. The van der Waals surface area contributed by atoms with Crippen LogP contribution < -0.4 is 5.56 Å². The molecule has 1 N–H and O–H groups in total. The zero-order chi connectivity index (χ0) is 9.97. The van der Waals surface area contributed by atoms with E-state index in [1.165, 1.54) is 6.07 Å². The van der Waals surface area contributed by atoms with Gasteiger partial charge in [-0.25, -0.2) is 4.98 Å². The Labute approximate surface area is 86.2 Å². The highest BCUT2D eigenvalue weighted by atomic mass is 32.1. The van der Waals surface area contributed by atoms with Gasteiger partial charge in [-0.2, -0.15) is 0 Å². The van der Waals surface area contributed by atoms with Crippen LogP contribution in [0.15, 0.2) is 46.2 Å². The number of benzene rings is 1. The molecule has 0 aliphatic heterocycles. The lowest BCUT2D eigenvalue weighted by Gasteiger charge is -1.99. The topological polar surface area (TPSA) is 45.8 Å². The van der Waals surface area contributed by atoms with Crippen molar-refractivity contribution in [1.29, 1.82) is 0 Å². The lowest BCUT2D eigenvalue weighted by Crippen LogP contribution is -2.07. The van der Waals surface area contributed by atoms with E-state index in [1.807, 2.05) is 30.3 Å². The minimum atomic E-state index is -0.191. The quantitative estimate of drug-likeness (QED) is 0.549. The minimum Gasteiger partial charge on any atom is -0.306 e. The molecule has 1 heterocycles. The van der Waals surface area contributed by atoms with Crippen molar-refractivity contribution in [2.45, 2.75) is 5.03 Å². The van der Waals surface area contributed by atoms with Crippen LogP contribution in [0.4, 0.5) is 0 Å². The number of hydrogen-bond acceptors (Lipinski definition) is 3. The fraction of sp³-hybridized carbons (Fsp3) is 0. The van der Waals surface area contributed by atoms with Crippen molar-refractivity contribution in [1.82, 2.24) is 9.97 Å². The Morgan fingerprint density at radius 2 is 1.93 bits per heavy atom. The van der Waals surface area contributed by atoms with E-state index in [4.69, 9.17) is 0 Å². The summed E-state index contributed by atoms with van der Waals surface area (Å²) in [6, 6.07) is 10.8. The molecule has 0 radical (unpaired) electrons. The number of H-pyrrole nitrogens is 1. The van der Waals surface area contributed by atoms with Gasteiger partial charge in [0, 0.05) is 11.6 Å². The molecular weight excluding hydrogens is 196 g/mol. The van der Waals surface area contributed by atoms with E-state index < -0.39 is 0 Å². The van der Waals surface area contributed by atoms with Crippen molar-refractivity contribution >= 4 is 12.6 Å². The van der Waals surface area contributed by atoms with Crippen LogP contribution in [-0.4, -0.2) is 9.97 Å². The molecule has 0 amide bonds. The summed E-state index contributed by atoms with van der Waals surface area (Å²) in [5.41, 5.74) is 0.685. The van der Waals surface area contributed by atoms with Crippen LogP contribution in [0.3, 0.4) is 0 Å². The number of nitrogens with one attached hydrogen (secondary N) is 1. The second-order valence-corrected chi connectivity index (χ2v) is 3.28. The highest BCUT2D eigenvalue weighted by molar-refractivity contribution is 7.80. The van der Waals surface area contributed by atoms with Gasteiger partial charge in [-0.15, -0.1) is 12.6 Å². The van der Waals surface area contributed by atoms with Gasteiger partial charge in [0.15, 0.2) is 0 Å². The van der Waals surface area contributed by atoms with Crippen LogP contribution in [0.5, 0.6) is 0 Å². The smallest absolute Gasteiger partial charge is 0.252 e. The van der Waals surface area contributed by atoms with Gasteiger partial charge in [-0.3, -0.25) is 4.79 Å². The molecule has 2 aromatic rings. The normalized spacial score (nSPS) is 10.1. The summed E-state index contributed by atoms with van der Waals surface area (Å²) in [6.07, 6.45) is 0. The molecule has 14 heavy (non-hydrogen) atoms. The maximum absolute atomic E-state index is 11.1. The molecule has 0 saturated carbocycles. The third kappa shape index (κ3) is 1.85. The second-order valence-electron chi connectivity index (χ2n) is 2.82. The van der Waals surface area contributed by atoms with E-state index in [0.717, 1.165) is 5.56 Å². The Bertz CT molecular complexity index is 493. The lowest BCUT2D eigenvalue weighted by molar-refractivity contribution is 1.03. The van der Waals surface area contributed by atoms with Gasteiger partial charge in [0.1, 0.15) is 10.9 Å². The summed E-state index contributed by atoms with van der Waals surface area (Å²) in [7, 11) is 0. The van der Waals surface area contributed by atoms with Gasteiger partial charge in [-0.05, 0) is 0 Å². The van der Waals surface area contributed by atoms with Gasteiger partial charge in [0.25, 0.3) is 5.56 Å². The summed E-state index contributed by atoms with van der Waals surface area (Å²) in [5.74, 6) is 0.545. The maximum Gasteiger partial charge on any atom is 0.252 e. The second kappa shape index (κ2) is 3.67. The van der Waals surface area contributed by atoms with Crippen molar-refractivity contribution in [2.24, 2.45) is 0 Å². The summed E-state index contributed by atoms with van der Waals surface area (Å²) in [5, 5.41) is 0.424. The van der Waals surface area contributed by atoms with Crippen molar-refractivity contribution in [2.75, 3.05) is 0 Å². The molecule has 4 heteroatoms. The first-order chi connectivity index (χ1) is 6.75. The molecule has 0 saturated heterocycles. The van der Waals surface area contributed by atoms with Crippen LogP contribution in [0.25, 0.3) is 11.4 Å². The summed E-state index contributed by atoms with van der Waals surface area (Å²) in [6.45, 7) is 0. The van der Waals surface area contributed by atoms with Crippen molar-refractivity contribution in [3.8, 4) is 11.4 Å². The number of aromatic amines is 1. The Morgan fingerprint density at radius 3 is 2.57 bits per heavy atom. The van der Waals surface area contributed by atoms with Gasteiger partial charge in [0.2, 0.25) is 0 Å². The molecule has 1 aromatic carbocycles. The van der Waals surface area contributed by atoms with Crippen LogP contribution in [0, 0.1) is 0 Å². The number of aromatic nitrogens is 2. The van der Waals surface area contributed by atoms with E-state index in [0.29, 0.717) is 10.9 Å². The molecule has 0 unspecified atom stereocenters. The van der Waals surface area contributed by atoms with Gasteiger partial charge in [-0.1, -0.05) is 30.3 Å². The Kier molecular flexibility index (Phi) is 2.37. The number of rotatable bonds is 1. The molecule has 2 rings (SSSR count). The zero-order valence-corrected chi connectivity index (χ0v) is 8.16. The molecule has 0 bridgehead atoms. The summed E-state index contributed by atoms with van der Waals surface area (Å²) < 4.78 is 0. The molecule has 0 aliphatic carbocycles. The third-order valence-electron chi connectivity index (χ3n) is 1.78. The highest BCUT2D eigenvalue weighted by Crippen LogP contribution is 2.12. The van der Waals surface area contributed by atoms with Crippen LogP contribution in [0.1, 0.15) is 0 Å². The lowest BCUT2D eigenvalue weighted by atomic mass is 10.2. The van der Waals surface area contributed by atoms with E-state index in [1.54, 1.807) is 0 Å². The predicted molar refractivity (Wildman–Crippen MR) is 57.5 cm³/mol. The van der Waals surface area contributed by atoms with Gasteiger partial charge in [0.05, 0.1) is 0 Å². The van der Waals surface area contributed by atoms with Crippen LogP contribution in [0.2, 0.25) is 0 Å². The molecule has 0 aliphatic rings. The fourth-order valence-electron chi connectivity index (χ4n) is 1.18. The number of nitrogens with zero attached hydrogens (tertiary/aromatic N) is 1. The largest absolute Gasteiger partial charge is 0.306 e. The van der Waals surface area contributed by atoms with Crippen LogP contribution in [-0.2, 0) is 0 Å². The van der Waals surface area contributed by atoms with E-state index in [9.17, 15) is 4.79 Å². The zero-order valence-electron chi connectivity index (χ0n) is 7.27. The standard InChI is InChI=1S/C10H8N2OS/c13-8-6-9(14)12-10(11-8)7-4-2-1-3-5-7/h1-6H,(H2,11,12,13,14). The van der Waals surface area contributed by atoms with Crippen molar-refractivity contribution in [3.63, 3.8) is 0 Å². The molecule has 3 nitrogen and oxygen atoms in total. The highest BCUT2D eigenvalue weighted by Gasteiger charge is 2.00. The van der Waals surface area contributed by atoms with Gasteiger partial charge < -0.3 is 4.98 Å². The average molecular weight is 204 g/mol. The summed E-state index contributed by atoms with van der Waals surface area (Å²) >= 11 is 4.04. The first-order valence-corrected chi connectivity index (χ1v) is 4.56. The van der Waals surface area contributed by atoms with E-state index >= 15 is 0 Å². The first-order valence-electron chi connectivity index (χ1n) is 4.11. The fourth-order valence-corrected chi connectivity index (χ4v) is 1.39. The molecule has 0 fully saturated rings. The average Bonchev–Trinajstić information content (AvgIpc) is 2.18. The molecule has 1 aromatic heterocycles. The van der Waals surface area contributed by atoms with Crippen molar-refractivity contribution in [3.05, 3.63) is 46.8 Å². The van der Waals surface area contributed by atoms with Crippen molar-refractivity contribution < 1.29 is 0 Å². The Hall–Kier alpha value is -1.55. The molecule has 70 valence electrons. The van der Waals surface area contributed by atoms with Crippen LogP contribution >= 0.6 is 12.6 Å². The third-order valence-corrected chi connectivity index (χ3v) is 2.00. The number of thiol groups is 1. The van der Waals surface area contributed by atoms with Gasteiger partial charge >= 0.3 is 0 Å². The Morgan fingerprint density at radius 1 is 1.21 bits per heavy atom. The molecule has 0 atom stereocenters. The Balaban J connectivity index is 2.58. The molecular formula is C10H8N2OS. The predicted octanol–water partition coefficient (Wildman–Crippen LogP) is 1.73. The minimum absolute atomic E-state index is 0.191. The maximum atomic E-state index is 11.1.